The van der Waals surface area contributed by atoms with Crippen LogP contribution >= 0.6 is 0 Å². The van der Waals surface area contributed by atoms with Crippen molar-refractivity contribution in [1.29, 1.82) is 0 Å². The Labute approximate surface area is 152 Å². The predicted octanol–water partition coefficient (Wildman–Crippen LogP) is 1.37. The minimum atomic E-state index is -0.507. The first-order valence-corrected chi connectivity index (χ1v) is 7.85. The maximum Gasteiger partial charge on any atom is 0.244 e. The van der Waals surface area contributed by atoms with Crippen molar-refractivity contribution in [2.75, 3.05) is 11.9 Å². The molecule has 27 heavy (non-hydrogen) atoms. The van der Waals surface area contributed by atoms with Crippen molar-refractivity contribution in [3.63, 3.8) is 0 Å². The number of anilines is 1. The number of rotatable bonds is 6. The van der Waals surface area contributed by atoms with Crippen LogP contribution in [-0.2, 0) is 16.1 Å². The SMILES string of the molecule is O=C(Cn1nnc(-c2cccc(F)c2)n1)NCC(=O)Nc1ccc(F)cc1. The van der Waals surface area contributed by atoms with Gasteiger partial charge in [0.25, 0.3) is 0 Å². The minimum Gasteiger partial charge on any atom is -0.345 e. The van der Waals surface area contributed by atoms with Crippen molar-refractivity contribution in [1.82, 2.24) is 25.5 Å². The molecule has 1 aromatic heterocycles. The van der Waals surface area contributed by atoms with Gasteiger partial charge in [-0.2, -0.15) is 4.80 Å². The summed E-state index contributed by atoms with van der Waals surface area (Å²) >= 11 is 0. The Morgan fingerprint density at radius 1 is 1.00 bits per heavy atom. The second kappa shape index (κ2) is 8.13. The number of carbonyl (C=O) groups is 2. The van der Waals surface area contributed by atoms with Crippen LogP contribution in [0.25, 0.3) is 11.4 Å². The van der Waals surface area contributed by atoms with E-state index in [0.29, 0.717) is 11.3 Å². The summed E-state index contributed by atoms with van der Waals surface area (Å²) in [5, 5.41) is 16.4. The fourth-order valence-corrected chi connectivity index (χ4v) is 2.15. The quantitative estimate of drug-likeness (QED) is 0.681. The smallest absolute Gasteiger partial charge is 0.244 e. The van der Waals surface area contributed by atoms with Gasteiger partial charge in [-0.1, -0.05) is 12.1 Å². The van der Waals surface area contributed by atoms with Crippen molar-refractivity contribution in [3.8, 4) is 11.4 Å². The lowest BCUT2D eigenvalue weighted by atomic mass is 10.2. The van der Waals surface area contributed by atoms with Gasteiger partial charge in [0.15, 0.2) is 0 Å². The number of nitrogens with one attached hydrogen (secondary N) is 2. The van der Waals surface area contributed by atoms with Crippen LogP contribution < -0.4 is 10.6 Å². The largest absolute Gasteiger partial charge is 0.345 e. The fourth-order valence-electron chi connectivity index (χ4n) is 2.15. The monoisotopic (exact) mass is 372 g/mol. The third kappa shape index (κ3) is 5.14. The summed E-state index contributed by atoms with van der Waals surface area (Å²) in [5.74, 6) is -1.65. The average molecular weight is 372 g/mol. The number of carbonyl (C=O) groups excluding carboxylic acids is 2. The molecule has 0 aliphatic rings. The van der Waals surface area contributed by atoms with E-state index in [2.05, 4.69) is 26.0 Å². The molecule has 3 rings (SSSR count). The Morgan fingerprint density at radius 3 is 2.52 bits per heavy atom. The number of nitrogens with zero attached hydrogens (tertiary/aromatic N) is 4. The molecule has 2 aromatic carbocycles. The van der Waals surface area contributed by atoms with Gasteiger partial charge in [0, 0.05) is 11.3 Å². The number of tetrazole rings is 1. The molecule has 8 nitrogen and oxygen atoms in total. The number of hydrogen-bond acceptors (Lipinski definition) is 5. The maximum atomic E-state index is 13.2. The summed E-state index contributed by atoms with van der Waals surface area (Å²) in [7, 11) is 0. The van der Waals surface area contributed by atoms with Crippen LogP contribution in [0.2, 0.25) is 0 Å². The highest BCUT2D eigenvalue weighted by Crippen LogP contribution is 2.14. The summed E-state index contributed by atoms with van der Waals surface area (Å²) in [6.07, 6.45) is 0. The molecule has 138 valence electrons. The molecule has 0 spiro atoms. The van der Waals surface area contributed by atoms with Gasteiger partial charge in [0.05, 0.1) is 6.54 Å². The van der Waals surface area contributed by atoms with Gasteiger partial charge in [-0.3, -0.25) is 9.59 Å². The number of amides is 2. The molecule has 0 fully saturated rings. The summed E-state index contributed by atoms with van der Waals surface area (Å²) in [6.45, 7) is -0.534. The van der Waals surface area contributed by atoms with Gasteiger partial charge in [-0.15, -0.1) is 10.2 Å². The first-order valence-electron chi connectivity index (χ1n) is 7.85. The molecule has 2 amide bonds. The van der Waals surface area contributed by atoms with Gasteiger partial charge < -0.3 is 10.6 Å². The van der Waals surface area contributed by atoms with Gasteiger partial charge in [-0.05, 0) is 41.6 Å². The van der Waals surface area contributed by atoms with Crippen molar-refractivity contribution in [2.24, 2.45) is 0 Å². The molecule has 2 N–H and O–H groups in total. The van der Waals surface area contributed by atoms with Crippen molar-refractivity contribution < 1.29 is 18.4 Å². The van der Waals surface area contributed by atoms with Crippen LogP contribution in [0, 0.1) is 11.6 Å². The van der Waals surface area contributed by atoms with E-state index >= 15 is 0 Å². The van der Waals surface area contributed by atoms with Crippen LogP contribution in [0.15, 0.2) is 48.5 Å². The molecule has 0 saturated carbocycles. The highest BCUT2D eigenvalue weighted by atomic mass is 19.1. The lowest BCUT2D eigenvalue weighted by molar-refractivity contribution is -0.124. The summed E-state index contributed by atoms with van der Waals surface area (Å²) < 4.78 is 26.0. The average Bonchev–Trinajstić information content (AvgIpc) is 3.10. The fraction of sp³-hybridized carbons (Fsp3) is 0.118. The lowest BCUT2D eigenvalue weighted by Gasteiger charge is -2.06. The minimum absolute atomic E-state index is 0.177. The normalized spacial score (nSPS) is 10.4. The first kappa shape index (κ1) is 18.1. The summed E-state index contributed by atoms with van der Waals surface area (Å²) in [6, 6.07) is 10.9. The highest BCUT2D eigenvalue weighted by molar-refractivity contribution is 5.94. The molecule has 1 heterocycles. The first-order chi connectivity index (χ1) is 13.0. The molecule has 0 unspecified atom stereocenters. The van der Waals surface area contributed by atoms with Crippen LogP contribution in [0.4, 0.5) is 14.5 Å². The molecule has 0 atom stereocenters. The third-order valence-corrected chi connectivity index (χ3v) is 3.39. The van der Waals surface area contributed by atoms with Gasteiger partial charge >= 0.3 is 0 Å². The number of aromatic nitrogens is 4. The van der Waals surface area contributed by atoms with E-state index in [-0.39, 0.29) is 18.9 Å². The van der Waals surface area contributed by atoms with Crippen molar-refractivity contribution in [2.45, 2.75) is 6.54 Å². The maximum absolute atomic E-state index is 13.2. The van der Waals surface area contributed by atoms with Gasteiger partial charge in [0.2, 0.25) is 17.6 Å². The van der Waals surface area contributed by atoms with E-state index in [9.17, 15) is 18.4 Å². The molecule has 0 aliphatic heterocycles. The Morgan fingerprint density at radius 2 is 1.78 bits per heavy atom. The molecular weight excluding hydrogens is 358 g/mol. The van der Waals surface area contributed by atoms with E-state index in [1.165, 1.54) is 42.5 Å². The predicted molar refractivity (Wildman–Crippen MR) is 91.3 cm³/mol. The zero-order valence-electron chi connectivity index (χ0n) is 13.9. The van der Waals surface area contributed by atoms with Gasteiger partial charge in [-0.25, -0.2) is 8.78 Å². The van der Waals surface area contributed by atoms with Crippen LogP contribution in [0.5, 0.6) is 0 Å². The second-order valence-electron chi connectivity index (χ2n) is 5.49. The second-order valence-corrected chi connectivity index (χ2v) is 5.49. The van der Waals surface area contributed by atoms with Crippen LogP contribution in [0.1, 0.15) is 0 Å². The molecule has 3 aromatic rings. The molecule has 0 radical (unpaired) electrons. The number of hydrogen-bond donors (Lipinski definition) is 2. The van der Waals surface area contributed by atoms with Gasteiger partial charge in [0.1, 0.15) is 18.2 Å². The molecule has 10 heteroatoms. The van der Waals surface area contributed by atoms with E-state index in [1.54, 1.807) is 6.07 Å². The summed E-state index contributed by atoms with van der Waals surface area (Å²) in [5.41, 5.74) is 0.841. The van der Waals surface area contributed by atoms with Crippen molar-refractivity contribution >= 4 is 17.5 Å². The van der Waals surface area contributed by atoms with E-state index in [4.69, 9.17) is 0 Å². The number of benzene rings is 2. The van der Waals surface area contributed by atoms with E-state index < -0.39 is 23.4 Å². The Bertz CT molecular complexity index is 958. The topological polar surface area (TPSA) is 102 Å². The van der Waals surface area contributed by atoms with Crippen molar-refractivity contribution in [3.05, 3.63) is 60.2 Å². The molecule has 0 aliphatic carbocycles. The Hall–Kier alpha value is -3.69. The lowest BCUT2D eigenvalue weighted by Crippen LogP contribution is -2.35. The molecule has 0 bridgehead atoms. The highest BCUT2D eigenvalue weighted by Gasteiger charge is 2.11. The van der Waals surface area contributed by atoms with E-state index in [0.717, 1.165) is 4.80 Å². The zero-order valence-corrected chi connectivity index (χ0v) is 13.9. The van der Waals surface area contributed by atoms with E-state index in [1.807, 2.05) is 0 Å². The Kier molecular flexibility index (Phi) is 5.45. The Balaban J connectivity index is 1.49. The summed E-state index contributed by atoms with van der Waals surface area (Å²) in [4.78, 5) is 24.7. The van der Waals surface area contributed by atoms with Crippen LogP contribution in [-0.4, -0.2) is 38.6 Å². The zero-order chi connectivity index (χ0) is 19.2. The number of halogens is 2. The molecule has 0 saturated heterocycles. The molecular formula is C17H14F2N6O2. The third-order valence-electron chi connectivity index (χ3n) is 3.39. The van der Waals surface area contributed by atoms with Crippen LogP contribution in [0.3, 0.4) is 0 Å². The standard InChI is InChI=1S/C17H14F2N6O2/c18-12-4-6-14(7-5-12)21-15(26)9-20-16(27)10-25-23-17(22-24-25)11-2-1-3-13(19)8-11/h1-8H,9-10H2,(H,20,27)(H,21,26).